The molecule has 128 valence electrons. The number of aromatic nitrogens is 1. The van der Waals surface area contributed by atoms with E-state index in [4.69, 9.17) is 4.74 Å². The molecule has 0 bridgehead atoms. The normalized spacial score (nSPS) is 28.4. The predicted octanol–water partition coefficient (Wildman–Crippen LogP) is 2.05. The van der Waals surface area contributed by atoms with Crippen LogP contribution in [-0.2, 0) is 6.42 Å². The number of piperazine rings is 1. The van der Waals surface area contributed by atoms with Gasteiger partial charge < -0.3 is 14.6 Å². The number of hydrogen-bond donors (Lipinski definition) is 1. The minimum Gasteiger partial charge on any atom is -0.497 e. The lowest BCUT2D eigenvalue weighted by molar-refractivity contribution is -0.0772. The minimum atomic E-state index is 0.542. The van der Waals surface area contributed by atoms with Crippen molar-refractivity contribution in [1.82, 2.24) is 19.7 Å². The Kier molecular flexibility index (Phi) is 3.37. The molecule has 5 nitrogen and oxygen atoms in total. The van der Waals surface area contributed by atoms with Crippen LogP contribution in [0.3, 0.4) is 0 Å². The van der Waals surface area contributed by atoms with Crippen LogP contribution in [-0.4, -0.2) is 72.7 Å². The molecular weight excluding hydrogens is 300 g/mol. The van der Waals surface area contributed by atoms with Gasteiger partial charge >= 0.3 is 0 Å². The van der Waals surface area contributed by atoms with Gasteiger partial charge in [0.15, 0.2) is 0 Å². The monoisotopic (exact) mass is 326 g/mol. The molecule has 0 spiro atoms. The fourth-order valence-electron chi connectivity index (χ4n) is 4.96. The van der Waals surface area contributed by atoms with Crippen molar-refractivity contribution in [3.63, 3.8) is 0 Å². The van der Waals surface area contributed by atoms with E-state index in [-0.39, 0.29) is 0 Å². The van der Waals surface area contributed by atoms with Gasteiger partial charge in [-0.2, -0.15) is 0 Å². The Bertz CT molecular complexity index is 770. The van der Waals surface area contributed by atoms with Gasteiger partial charge in [0, 0.05) is 55.4 Å². The number of H-pyrrole nitrogens is 1. The highest BCUT2D eigenvalue weighted by atomic mass is 16.5. The van der Waals surface area contributed by atoms with Gasteiger partial charge in [0.05, 0.1) is 19.3 Å². The Balaban J connectivity index is 1.54. The van der Waals surface area contributed by atoms with Crippen molar-refractivity contribution in [3.05, 3.63) is 29.5 Å². The van der Waals surface area contributed by atoms with Crippen molar-refractivity contribution in [2.45, 2.75) is 25.0 Å². The van der Waals surface area contributed by atoms with Crippen LogP contribution in [0.1, 0.15) is 23.7 Å². The second kappa shape index (κ2) is 5.48. The van der Waals surface area contributed by atoms with Crippen LogP contribution in [0.15, 0.2) is 18.2 Å². The highest BCUT2D eigenvalue weighted by Crippen LogP contribution is 2.41. The Morgan fingerprint density at radius 2 is 2.08 bits per heavy atom. The van der Waals surface area contributed by atoms with E-state index in [1.54, 1.807) is 7.11 Å². The summed E-state index contributed by atoms with van der Waals surface area (Å²) in [7, 11) is 3.99. The number of ether oxygens (including phenoxy) is 1. The molecule has 1 N–H and O–H groups in total. The fraction of sp³-hybridized carbons (Fsp3) is 0.579. The van der Waals surface area contributed by atoms with E-state index in [1.807, 2.05) is 0 Å². The molecule has 2 saturated heterocycles. The van der Waals surface area contributed by atoms with Gasteiger partial charge in [0.25, 0.3) is 0 Å². The topological polar surface area (TPSA) is 34.7 Å². The third-order valence-electron chi connectivity index (χ3n) is 6.24. The molecule has 0 saturated carbocycles. The van der Waals surface area contributed by atoms with E-state index >= 15 is 0 Å². The lowest BCUT2D eigenvalue weighted by Gasteiger charge is -2.53. The van der Waals surface area contributed by atoms with Crippen LogP contribution in [0.5, 0.6) is 5.75 Å². The van der Waals surface area contributed by atoms with Crippen molar-refractivity contribution in [3.8, 4) is 5.75 Å². The predicted molar refractivity (Wildman–Crippen MR) is 95.5 cm³/mol. The van der Waals surface area contributed by atoms with Gasteiger partial charge in [-0.1, -0.05) is 0 Å². The van der Waals surface area contributed by atoms with E-state index in [1.165, 1.54) is 61.3 Å². The average Bonchev–Trinajstić information content (AvgIpc) is 2.99. The van der Waals surface area contributed by atoms with Gasteiger partial charge in [0.2, 0.25) is 0 Å². The molecule has 24 heavy (non-hydrogen) atoms. The molecule has 4 heterocycles. The maximum absolute atomic E-state index is 5.40. The van der Waals surface area contributed by atoms with Crippen LogP contribution < -0.4 is 4.74 Å². The molecule has 0 radical (unpaired) electrons. The lowest BCUT2D eigenvalue weighted by atomic mass is 9.92. The lowest BCUT2D eigenvalue weighted by Crippen LogP contribution is -2.64. The minimum absolute atomic E-state index is 0.542. The summed E-state index contributed by atoms with van der Waals surface area (Å²) < 4.78 is 5.40. The fourth-order valence-corrected chi connectivity index (χ4v) is 4.96. The molecular formula is C19H26N4O. The summed E-state index contributed by atoms with van der Waals surface area (Å²) in [5.41, 5.74) is 4.22. The summed E-state index contributed by atoms with van der Waals surface area (Å²) in [6.07, 6.45) is 2.96. The number of benzene rings is 1. The van der Waals surface area contributed by atoms with Crippen molar-refractivity contribution in [2.24, 2.45) is 0 Å². The molecule has 5 heteroatoms. The number of likely N-dealkylation sites (N-methyl/N-ethyl adjacent to an activating group) is 1. The van der Waals surface area contributed by atoms with E-state index < -0.39 is 0 Å². The van der Waals surface area contributed by atoms with Crippen LogP contribution in [0.2, 0.25) is 0 Å². The molecule has 1 aromatic carbocycles. The van der Waals surface area contributed by atoms with E-state index in [2.05, 4.69) is 44.9 Å². The first-order valence-corrected chi connectivity index (χ1v) is 9.11. The van der Waals surface area contributed by atoms with Crippen LogP contribution in [0.25, 0.3) is 10.9 Å². The number of fused-ring (bicyclic) bond motifs is 7. The largest absolute Gasteiger partial charge is 0.497 e. The second-order valence-corrected chi connectivity index (χ2v) is 7.50. The molecule has 2 aromatic rings. The van der Waals surface area contributed by atoms with Crippen molar-refractivity contribution >= 4 is 10.9 Å². The SMILES string of the molecule is COc1ccc2c3c([nH]c2c1)[C@H]1CCN2CCN(C)C[C@H]2N1CC3. The molecule has 2 fully saturated rings. The first-order chi connectivity index (χ1) is 11.7. The first kappa shape index (κ1) is 14.8. The second-order valence-electron chi connectivity index (χ2n) is 7.50. The smallest absolute Gasteiger partial charge is 0.120 e. The quantitative estimate of drug-likeness (QED) is 0.870. The number of nitrogens with one attached hydrogen (secondary N) is 1. The molecule has 2 atom stereocenters. The summed E-state index contributed by atoms with van der Waals surface area (Å²) in [6, 6.07) is 6.99. The Morgan fingerprint density at radius 3 is 2.96 bits per heavy atom. The molecule has 0 amide bonds. The summed E-state index contributed by atoms with van der Waals surface area (Å²) in [5.74, 6) is 0.932. The highest BCUT2D eigenvalue weighted by molar-refractivity contribution is 5.86. The zero-order chi connectivity index (χ0) is 16.3. The van der Waals surface area contributed by atoms with E-state index in [0.717, 1.165) is 12.2 Å². The number of hydrogen-bond acceptors (Lipinski definition) is 4. The molecule has 5 rings (SSSR count). The van der Waals surface area contributed by atoms with Crippen molar-refractivity contribution < 1.29 is 4.74 Å². The number of nitrogens with zero attached hydrogens (tertiary/aromatic N) is 3. The standard InChI is InChI=1S/C19H26N4O/c1-21-9-10-22-7-6-17-19-15(5-8-23(17)18(22)12-21)14-4-3-13(24-2)11-16(14)20-19/h3-4,11,17-18,20H,5-10,12H2,1-2H3/t17-,18-/m1/s1. The average molecular weight is 326 g/mol. The Hall–Kier alpha value is -1.56. The zero-order valence-corrected chi connectivity index (χ0v) is 14.6. The Morgan fingerprint density at radius 1 is 1.17 bits per heavy atom. The molecule has 0 unspecified atom stereocenters. The molecule has 0 aliphatic carbocycles. The van der Waals surface area contributed by atoms with Gasteiger partial charge in [0.1, 0.15) is 5.75 Å². The van der Waals surface area contributed by atoms with E-state index in [9.17, 15) is 0 Å². The van der Waals surface area contributed by atoms with E-state index in [0.29, 0.717) is 12.2 Å². The van der Waals surface area contributed by atoms with Crippen molar-refractivity contribution in [1.29, 1.82) is 0 Å². The molecule has 1 aromatic heterocycles. The highest BCUT2D eigenvalue weighted by Gasteiger charge is 2.42. The number of aromatic amines is 1. The van der Waals surface area contributed by atoms with Gasteiger partial charge in [-0.05, 0) is 37.6 Å². The number of rotatable bonds is 1. The maximum atomic E-state index is 5.40. The van der Waals surface area contributed by atoms with Crippen molar-refractivity contribution in [2.75, 3.05) is 46.9 Å². The molecule has 3 aliphatic heterocycles. The summed E-state index contributed by atoms with van der Waals surface area (Å²) >= 11 is 0. The van der Waals surface area contributed by atoms with Crippen LogP contribution in [0, 0.1) is 0 Å². The Labute approximate surface area is 143 Å². The first-order valence-electron chi connectivity index (χ1n) is 9.11. The zero-order valence-electron chi connectivity index (χ0n) is 14.6. The maximum Gasteiger partial charge on any atom is 0.120 e. The van der Waals surface area contributed by atoms with Gasteiger partial charge in [-0.3, -0.25) is 9.80 Å². The number of methoxy groups -OCH3 is 1. The third-order valence-corrected chi connectivity index (χ3v) is 6.24. The molecule has 3 aliphatic rings. The third kappa shape index (κ3) is 2.11. The summed E-state index contributed by atoms with van der Waals surface area (Å²) in [5, 5.41) is 1.38. The summed E-state index contributed by atoms with van der Waals surface area (Å²) in [6.45, 7) is 5.97. The van der Waals surface area contributed by atoms with Crippen LogP contribution >= 0.6 is 0 Å². The summed E-state index contributed by atoms with van der Waals surface area (Å²) in [4.78, 5) is 11.7. The van der Waals surface area contributed by atoms with Gasteiger partial charge in [-0.25, -0.2) is 0 Å². The van der Waals surface area contributed by atoms with Gasteiger partial charge in [-0.15, -0.1) is 0 Å². The van der Waals surface area contributed by atoms with Crippen LogP contribution in [0.4, 0.5) is 0 Å².